The van der Waals surface area contributed by atoms with Crippen LogP contribution in [0.5, 0.6) is 0 Å². The largest absolute Gasteiger partial charge is 0.391 e. The van der Waals surface area contributed by atoms with E-state index in [0.717, 1.165) is 0 Å². The Balaban J connectivity index is 4.05. The van der Waals surface area contributed by atoms with Gasteiger partial charge in [0, 0.05) is 6.54 Å². The Morgan fingerprint density at radius 3 is 2.29 bits per heavy atom. The Morgan fingerprint density at radius 2 is 1.93 bits per heavy atom. The van der Waals surface area contributed by atoms with Gasteiger partial charge in [-0.3, -0.25) is 4.79 Å². The Kier molecular flexibility index (Phi) is 5.38. The highest BCUT2D eigenvalue weighted by atomic mass is 19.1. The third-order valence-electron chi connectivity index (χ3n) is 1.88. The lowest BCUT2D eigenvalue weighted by Crippen LogP contribution is -2.35. The molecule has 4 heteroatoms. The normalized spacial score (nSPS) is 12.5. The second kappa shape index (κ2) is 5.75. The predicted molar refractivity (Wildman–Crippen MR) is 53.3 cm³/mol. The number of halogens is 1. The highest BCUT2D eigenvalue weighted by Crippen LogP contribution is 2.05. The zero-order valence-electron chi connectivity index (χ0n) is 9.10. The van der Waals surface area contributed by atoms with Gasteiger partial charge >= 0.3 is 0 Å². The predicted octanol–water partition coefficient (Wildman–Crippen LogP) is 1.38. The second-order valence-corrected chi connectivity index (χ2v) is 3.84. The molecule has 0 aromatic rings. The molecule has 0 heterocycles. The number of aliphatic hydroxyl groups is 1. The quantitative estimate of drug-likeness (QED) is 0.678. The van der Waals surface area contributed by atoms with Crippen molar-refractivity contribution < 1.29 is 14.3 Å². The highest BCUT2D eigenvalue weighted by molar-refractivity contribution is 5.91. The molecular weight excluding hydrogens is 185 g/mol. The van der Waals surface area contributed by atoms with E-state index in [4.69, 9.17) is 0 Å². The molecule has 0 aliphatic carbocycles. The maximum absolute atomic E-state index is 13.0. The maximum Gasteiger partial charge on any atom is 0.280 e. The monoisotopic (exact) mass is 203 g/mol. The molecule has 14 heavy (non-hydrogen) atoms. The average Bonchev–Trinajstić information content (AvgIpc) is 2.11. The first-order chi connectivity index (χ1) is 6.36. The van der Waals surface area contributed by atoms with Gasteiger partial charge in [-0.1, -0.05) is 13.8 Å². The van der Waals surface area contributed by atoms with Crippen molar-refractivity contribution in [1.29, 1.82) is 0 Å². The molecule has 0 aliphatic heterocycles. The van der Waals surface area contributed by atoms with Crippen LogP contribution in [0.3, 0.4) is 0 Å². The minimum absolute atomic E-state index is 0.0464. The van der Waals surface area contributed by atoms with Crippen molar-refractivity contribution in [2.45, 2.75) is 33.8 Å². The Labute approximate surface area is 84.0 Å². The van der Waals surface area contributed by atoms with Crippen LogP contribution >= 0.6 is 0 Å². The number of carbonyl (C=O) groups is 1. The SMILES string of the molecule is CC(C)=C(F)C(=O)NCC(O)C(C)C. The minimum atomic E-state index is -0.777. The fraction of sp³-hybridized carbons (Fsp3) is 0.700. The molecule has 1 amide bonds. The zero-order chi connectivity index (χ0) is 11.3. The molecule has 0 fully saturated rings. The molecule has 0 radical (unpaired) electrons. The number of nitrogens with one attached hydrogen (secondary N) is 1. The van der Waals surface area contributed by atoms with Gasteiger partial charge in [-0.25, -0.2) is 4.39 Å². The van der Waals surface area contributed by atoms with Crippen LogP contribution in [0, 0.1) is 5.92 Å². The summed E-state index contributed by atoms with van der Waals surface area (Å²) in [5.41, 5.74) is 0.335. The molecular formula is C10H18FNO2. The first-order valence-electron chi connectivity index (χ1n) is 4.65. The van der Waals surface area contributed by atoms with Crippen LogP contribution in [0.2, 0.25) is 0 Å². The lowest BCUT2D eigenvalue weighted by molar-refractivity contribution is -0.119. The van der Waals surface area contributed by atoms with Gasteiger partial charge in [-0.15, -0.1) is 0 Å². The van der Waals surface area contributed by atoms with Crippen molar-refractivity contribution in [2.24, 2.45) is 5.92 Å². The molecule has 0 aromatic heterocycles. The Hall–Kier alpha value is -0.900. The van der Waals surface area contributed by atoms with Gasteiger partial charge < -0.3 is 10.4 Å². The van der Waals surface area contributed by atoms with Crippen molar-refractivity contribution >= 4 is 5.91 Å². The molecule has 0 aliphatic rings. The first-order valence-corrected chi connectivity index (χ1v) is 4.65. The van der Waals surface area contributed by atoms with Gasteiger partial charge in [-0.2, -0.15) is 0 Å². The zero-order valence-corrected chi connectivity index (χ0v) is 9.10. The summed E-state index contributed by atoms with van der Waals surface area (Å²) in [4.78, 5) is 11.1. The highest BCUT2D eigenvalue weighted by Gasteiger charge is 2.13. The van der Waals surface area contributed by atoms with E-state index in [-0.39, 0.29) is 12.5 Å². The fourth-order valence-electron chi connectivity index (χ4n) is 0.738. The number of carbonyl (C=O) groups excluding carboxylic acids is 1. The van der Waals surface area contributed by atoms with E-state index in [0.29, 0.717) is 5.57 Å². The summed E-state index contributed by atoms with van der Waals surface area (Å²) in [6.07, 6.45) is -0.635. The van der Waals surface area contributed by atoms with Crippen molar-refractivity contribution in [3.8, 4) is 0 Å². The van der Waals surface area contributed by atoms with Gasteiger partial charge in [0.15, 0.2) is 5.83 Å². The topological polar surface area (TPSA) is 49.3 Å². The van der Waals surface area contributed by atoms with Crippen LogP contribution in [0.25, 0.3) is 0 Å². The number of rotatable bonds is 4. The lowest BCUT2D eigenvalue weighted by Gasteiger charge is -2.14. The molecule has 0 saturated carbocycles. The van der Waals surface area contributed by atoms with E-state index >= 15 is 0 Å². The molecule has 0 bridgehead atoms. The van der Waals surface area contributed by atoms with Crippen molar-refractivity contribution in [3.05, 3.63) is 11.4 Å². The Morgan fingerprint density at radius 1 is 1.43 bits per heavy atom. The van der Waals surface area contributed by atoms with Crippen LogP contribution in [-0.4, -0.2) is 23.7 Å². The molecule has 0 aromatic carbocycles. The van der Waals surface area contributed by atoms with Crippen LogP contribution in [0.1, 0.15) is 27.7 Å². The van der Waals surface area contributed by atoms with Crippen LogP contribution in [-0.2, 0) is 4.79 Å². The van der Waals surface area contributed by atoms with E-state index in [1.165, 1.54) is 13.8 Å². The molecule has 0 saturated heterocycles. The van der Waals surface area contributed by atoms with Crippen LogP contribution in [0.4, 0.5) is 4.39 Å². The number of aliphatic hydroxyl groups excluding tert-OH is 1. The third kappa shape index (κ3) is 4.37. The van der Waals surface area contributed by atoms with Gasteiger partial charge in [-0.05, 0) is 25.3 Å². The second-order valence-electron chi connectivity index (χ2n) is 3.84. The first kappa shape index (κ1) is 13.1. The van der Waals surface area contributed by atoms with E-state index < -0.39 is 17.8 Å². The maximum atomic E-state index is 13.0. The van der Waals surface area contributed by atoms with E-state index in [9.17, 15) is 14.3 Å². The standard InChI is InChI=1S/C10H18FNO2/c1-6(2)8(13)5-12-10(14)9(11)7(3)4/h6,8,13H,5H2,1-4H3,(H,12,14). The summed E-state index contributed by atoms with van der Waals surface area (Å²) in [5.74, 6) is -1.49. The van der Waals surface area contributed by atoms with Crippen molar-refractivity contribution in [2.75, 3.05) is 6.54 Å². The smallest absolute Gasteiger partial charge is 0.280 e. The van der Waals surface area contributed by atoms with Gasteiger partial charge in [0.1, 0.15) is 0 Å². The average molecular weight is 203 g/mol. The van der Waals surface area contributed by atoms with E-state index in [1.807, 2.05) is 13.8 Å². The molecule has 3 nitrogen and oxygen atoms in total. The summed E-state index contributed by atoms with van der Waals surface area (Å²) < 4.78 is 13.0. The summed E-state index contributed by atoms with van der Waals surface area (Å²) >= 11 is 0. The van der Waals surface area contributed by atoms with Gasteiger partial charge in [0.05, 0.1) is 6.10 Å². The van der Waals surface area contributed by atoms with Gasteiger partial charge in [0.2, 0.25) is 0 Å². The van der Waals surface area contributed by atoms with Crippen LogP contribution < -0.4 is 5.32 Å². The lowest BCUT2D eigenvalue weighted by atomic mass is 10.1. The number of amides is 1. The molecule has 1 unspecified atom stereocenters. The van der Waals surface area contributed by atoms with E-state index in [1.54, 1.807) is 0 Å². The minimum Gasteiger partial charge on any atom is -0.391 e. The van der Waals surface area contributed by atoms with E-state index in [2.05, 4.69) is 5.32 Å². The molecule has 1 atom stereocenters. The Bertz CT molecular complexity index is 232. The number of hydrogen-bond donors (Lipinski definition) is 2. The van der Waals surface area contributed by atoms with Gasteiger partial charge in [0.25, 0.3) is 5.91 Å². The van der Waals surface area contributed by atoms with Crippen molar-refractivity contribution in [1.82, 2.24) is 5.32 Å². The molecule has 2 N–H and O–H groups in total. The molecule has 82 valence electrons. The van der Waals surface area contributed by atoms with Crippen molar-refractivity contribution in [3.63, 3.8) is 0 Å². The number of hydrogen-bond acceptors (Lipinski definition) is 2. The van der Waals surface area contributed by atoms with Crippen LogP contribution in [0.15, 0.2) is 11.4 Å². The summed E-state index contributed by atoms with van der Waals surface area (Å²) in [7, 11) is 0. The summed E-state index contributed by atoms with van der Waals surface area (Å²) in [6, 6.07) is 0. The fourth-order valence-corrected chi connectivity index (χ4v) is 0.738. The third-order valence-corrected chi connectivity index (χ3v) is 1.88. The molecule has 0 rings (SSSR count). The molecule has 0 spiro atoms. The summed E-state index contributed by atoms with van der Waals surface area (Å²) in [6.45, 7) is 6.78. The number of allylic oxidation sites excluding steroid dienone is 1. The summed E-state index contributed by atoms with van der Waals surface area (Å²) in [5, 5.41) is 11.7.